The molecule has 0 unspecified atom stereocenters. The van der Waals surface area contributed by atoms with Crippen LogP contribution < -0.4 is 15.4 Å². The van der Waals surface area contributed by atoms with Gasteiger partial charge in [-0.2, -0.15) is 0 Å². The van der Waals surface area contributed by atoms with Crippen LogP contribution in [0.5, 0.6) is 5.75 Å². The maximum atomic E-state index is 12.8. The first-order valence-electron chi connectivity index (χ1n) is 8.39. The molecule has 0 bridgehead atoms. The normalized spacial score (nSPS) is 11.1. The number of methoxy groups -OCH3 is 1. The summed E-state index contributed by atoms with van der Waals surface area (Å²) in [5.74, 6) is 0.783. The minimum absolute atomic E-state index is 0.120. The summed E-state index contributed by atoms with van der Waals surface area (Å²) in [6, 6.07) is 10.9. The standard InChI is InChI=1S/C19H21N5O2S/c1-19(2,3)17-23-24-18(27-17)22-16(25)12-8-7-11-20-15(12)21-13-9-5-6-10-14(13)26-4/h5-11H,1-4H3,(H,20,21)(H,22,24,25). The Morgan fingerprint density at radius 1 is 1.11 bits per heavy atom. The predicted octanol–water partition coefficient (Wildman–Crippen LogP) is 4.24. The topological polar surface area (TPSA) is 89.0 Å². The summed E-state index contributed by atoms with van der Waals surface area (Å²) in [6.45, 7) is 6.15. The molecule has 2 N–H and O–H groups in total. The largest absolute Gasteiger partial charge is 0.495 e. The van der Waals surface area contributed by atoms with Crippen LogP contribution in [0.2, 0.25) is 0 Å². The summed E-state index contributed by atoms with van der Waals surface area (Å²) in [4.78, 5) is 17.1. The Hall–Kier alpha value is -3.00. The van der Waals surface area contributed by atoms with Crippen molar-refractivity contribution in [3.05, 3.63) is 53.2 Å². The smallest absolute Gasteiger partial charge is 0.261 e. The van der Waals surface area contributed by atoms with Crippen molar-refractivity contribution in [1.82, 2.24) is 15.2 Å². The number of amides is 1. The molecule has 8 heteroatoms. The second kappa shape index (κ2) is 7.71. The van der Waals surface area contributed by atoms with E-state index in [1.165, 1.54) is 11.3 Å². The van der Waals surface area contributed by atoms with Crippen LogP contribution in [0.4, 0.5) is 16.6 Å². The summed E-state index contributed by atoms with van der Waals surface area (Å²) in [6.07, 6.45) is 1.62. The van der Waals surface area contributed by atoms with Crippen molar-refractivity contribution in [2.75, 3.05) is 17.7 Å². The summed E-state index contributed by atoms with van der Waals surface area (Å²) < 4.78 is 5.34. The highest BCUT2D eigenvalue weighted by molar-refractivity contribution is 7.15. The fourth-order valence-electron chi connectivity index (χ4n) is 2.30. The van der Waals surface area contributed by atoms with Gasteiger partial charge >= 0.3 is 0 Å². The van der Waals surface area contributed by atoms with Gasteiger partial charge < -0.3 is 10.1 Å². The quantitative estimate of drug-likeness (QED) is 0.685. The number of rotatable bonds is 5. The minimum atomic E-state index is -0.308. The number of pyridine rings is 1. The Kier molecular flexibility index (Phi) is 5.36. The van der Waals surface area contributed by atoms with E-state index in [9.17, 15) is 4.79 Å². The van der Waals surface area contributed by atoms with Gasteiger partial charge in [-0.15, -0.1) is 10.2 Å². The molecule has 7 nitrogen and oxygen atoms in total. The Morgan fingerprint density at radius 3 is 2.59 bits per heavy atom. The van der Waals surface area contributed by atoms with E-state index in [4.69, 9.17) is 4.74 Å². The molecular formula is C19H21N5O2S. The fourth-order valence-corrected chi connectivity index (χ4v) is 3.10. The molecule has 0 aliphatic rings. The van der Waals surface area contributed by atoms with E-state index < -0.39 is 0 Å². The highest BCUT2D eigenvalue weighted by atomic mass is 32.1. The lowest BCUT2D eigenvalue weighted by atomic mass is 9.98. The first kappa shape index (κ1) is 18.8. The van der Waals surface area contributed by atoms with E-state index >= 15 is 0 Å². The summed E-state index contributed by atoms with van der Waals surface area (Å²) in [7, 11) is 1.59. The lowest BCUT2D eigenvalue weighted by molar-refractivity contribution is 0.102. The number of carbonyl (C=O) groups excluding carboxylic acids is 1. The van der Waals surface area contributed by atoms with Crippen molar-refractivity contribution in [3.63, 3.8) is 0 Å². The van der Waals surface area contributed by atoms with Gasteiger partial charge in [0.1, 0.15) is 16.6 Å². The monoisotopic (exact) mass is 383 g/mol. The first-order chi connectivity index (χ1) is 12.9. The third kappa shape index (κ3) is 4.40. The van der Waals surface area contributed by atoms with Crippen molar-refractivity contribution in [1.29, 1.82) is 0 Å². The van der Waals surface area contributed by atoms with E-state index in [2.05, 4.69) is 46.6 Å². The zero-order valence-corrected chi connectivity index (χ0v) is 16.4. The molecule has 0 aliphatic carbocycles. The number of anilines is 3. The van der Waals surface area contributed by atoms with Crippen molar-refractivity contribution >= 4 is 33.9 Å². The van der Waals surface area contributed by atoms with Gasteiger partial charge in [-0.1, -0.05) is 44.2 Å². The van der Waals surface area contributed by atoms with Gasteiger partial charge in [-0.3, -0.25) is 10.1 Å². The zero-order valence-electron chi connectivity index (χ0n) is 15.6. The highest BCUT2D eigenvalue weighted by Gasteiger charge is 2.21. The number of carbonyl (C=O) groups is 1. The van der Waals surface area contributed by atoms with Crippen LogP contribution >= 0.6 is 11.3 Å². The van der Waals surface area contributed by atoms with Gasteiger partial charge in [0.05, 0.1) is 18.4 Å². The summed E-state index contributed by atoms with van der Waals surface area (Å²) in [5, 5.41) is 15.5. The molecule has 0 saturated heterocycles. The fraction of sp³-hybridized carbons (Fsp3) is 0.263. The molecule has 0 atom stereocenters. The number of nitrogens with one attached hydrogen (secondary N) is 2. The summed E-state index contributed by atoms with van der Waals surface area (Å²) >= 11 is 1.36. The molecule has 2 aromatic heterocycles. The van der Waals surface area contributed by atoms with Gasteiger partial charge in [-0.25, -0.2) is 4.98 Å². The summed E-state index contributed by atoms with van der Waals surface area (Å²) in [5.41, 5.74) is 1.00. The van der Waals surface area contributed by atoms with Gasteiger partial charge in [0.2, 0.25) is 5.13 Å². The van der Waals surface area contributed by atoms with Crippen LogP contribution in [0, 0.1) is 0 Å². The third-order valence-electron chi connectivity index (χ3n) is 3.70. The number of para-hydroxylation sites is 2. The van der Waals surface area contributed by atoms with E-state index in [1.54, 1.807) is 25.4 Å². The molecule has 0 radical (unpaired) electrons. The molecule has 0 saturated carbocycles. The number of hydrogen-bond acceptors (Lipinski definition) is 7. The van der Waals surface area contributed by atoms with Crippen LogP contribution in [0.25, 0.3) is 0 Å². The Bertz CT molecular complexity index is 949. The Labute approximate surface area is 161 Å². The molecule has 0 aliphatic heterocycles. The van der Waals surface area contributed by atoms with Gasteiger partial charge in [0.15, 0.2) is 0 Å². The van der Waals surface area contributed by atoms with E-state index in [0.29, 0.717) is 22.3 Å². The molecule has 140 valence electrons. The molecular weight excluding hydrogens is 362 g/mol. The molecule has 0 fully saturated rings. The second-order valence-electron chi connectivity index (χ2n) is 6.84. The van der Waals surface area contributed by atoms with Crippen molar-refractivity contribution < 1.29 is 9.53 Å². The van der Waals surface area contributed by atoms with E-state index in [0.717, 1.165) is 10.7 Å². The first-order valence-corrected chi connectivity index (χ1v) is 9.20. The number of hydrogen-bond donors (Lipinski definition) is 2. The lowest BCUT2D eigenvalue weighted by Crippen LogP contribution is -2.14. The number of nitrogens with zero attached hydrogens (tertiary/aromatic N) is 3. The van der Waals surface area contributed by atoms with Crippen molar-refractivity contribution in [3.8, 4) is 5.75 Å². The maximum absolute atomic E-state index is 12.8. The van der Waals surface area contributed by atoms with Gasteiger partial charge in [0, 0.05) is 11.6 Å². The van der Waals surface area contributed by atoms with Gasteiger partial charge in [-0.05, 0) is 24.3 Å². The Morgan fingerprint density at radius 2 is 1.89 bits per heavy atom. The average Bonchev–Trinajstić information content (AvgIpc) is 3.11. The van der Waals surface area contributed by atoms with Crippen LogP contribution in [0.3, 0.4) is 0 Å². The average molecular weight is 383 g/mol. The zero-order chi connectivity index (χ0) is 19.4. The molecule has 1 aromatic carbocycles. The number of ether oxygens (including phenoxy) is 1. The molecule has 3 rings (SSSR count). The second-order valence-corrected chi connectivity index (χ2v) is 7.82. The molecule has 0 spiro atoms. The predicted molar refractivity (Wildman–Crippen MR) is 107 cm³/mol. The van der Waals surface area contributed by atoms with E-state index in [1.807, 2.05) is 24.3 Å². The molecule has 2 heterocycles. The molecule has 3 aromatic rings. The van der Waals surface area contributed by atoms with Gasteiger partial charge in [0.25, 0.3) is 5.91 Å². The highest BCUT2D eigenvalue weighted by Crippen LogP contribution is 2.30. The van der Waals surface area contributed by atoms with Crippen LogP contribution in [0.1, 0.15) is 36.1 Å². The third-order valence-corrected chi connectivity index (χ3v) is 4.96. The maximum Gasteiger partial charge on any atom is 0.261 e. The lowest BCUT2D eigenvalue weighted by Gasteiger charge is -2.13. The van der Waals surface area contributed by atoms with Crippen LogP contribution in [-0.2, 0) is 5.41 Å². The number of aromatic nitrogens is 3. The SMILES string of the molecule is COc1ccccc1Nc1ncccc1C(=O)Nc1nnc(C(C)(C)C)s1. The van der Waals surface area contributed by atoms with E-state index in [-0.39, 0.29) is 11.3 Å². The molecule has 1 amide bonds. The van der Waals surface area contributed by atoms with Crippen LogP contribution in [0.15, 0.2) is 42.6 Å². The molecule has 27 heavy (non-hydrogen) atoms. The minimum Gasteiger partial charge on any atom is -0.495 e. The number of benzene rings is 1. The van der Waals surface area contributed by atoms with Crippen molar-refractivity contribution in [2.45, 2.75) is 26.2 Å². The van der Waals surface area contributed by atoms with Crippen molar-refractivity contribution in [2.24, 2.45) is 0 Å². The Balaban J connectivity index is 1.83. The van der Waals surface area contributed by atoms with Crippen LogP contribution in [-0.4, -0.2) is 28.2 Å².